The van der Waals surface area contributed by atoms with E-state index in [4.69, 9.17) is 4.99 Å². The highest BCUT2D eigenvalue weighted by atomic mass is 32.2. The number of hydrogen-bond donors (Lipinski definition) is 1. The van der Waals surface area contributed by atoms with Crippen molar-refractivity contribution in [1.82, 2.24) is 4.90 Å². The molecule has 4 rings (SSSR count). The van der Waals surface area contributed by atoms with E-state index in [1.54, 1.807) is 4.90 Å². The maximum atomic E-state index is 13.2. The van der Waals surface area contributed by atoms with Crippen molar-refractivity contribution in [2.24, 2.45) is 15.9 Å². The topological polar surface area (TPSA) is 74.1 Å². The molecule has 0 radical (unpaired) electrons. The number of rotatable bonds is 6. The third-order valence-electron chi connectivity index (χ3n) is 5.66. The van der Waals surface area contributed by atoms with Crippen molar-refractivity contribution < 1.29 is 9.59 Å². The molecule has 1 N–H and O–H groups in total. The van der Waals surface area contributed by atoms with Crippen LogP contribution in [-0.4, -0.2) is 39.5 Å². The summed E-state index contributed by atoms with van der Waals surface area (Å²) >= 11 is 1.26. The minimum Gasteiger partial charge on any atom is -0.325 e. The normalized spacial score (nSPS) is 18.1. The first-order valence-corrected chi connectivity index (χ1v) is 11.6. The smallest absolute Gasteiger partial charge is 0.259 e. The highest BCUT2D eigenvalue weighted by Gasteiger charge is 2.43. The van der Waals surface area contributed by atoms with Crippen molar-refractivity contribution in [3.05, 3.63) is 59.7 Å². The number of fused-ring (bicyclic) bond motifs is 3. The zero-order chi connectivity index (χ0) is 22.0. The Hall–Kier alpha value is -2.93. The minimum absolute atomic E-state index is 0.0688. The van der Waals surface area contributed by atoms with Crippen LogP contribution in [0, 0.1) is 5.92 Å². The first kappa shape index (κ1) is 21.3. The van der Waals surface area contributed by atoms with Crippen LogP contribution in [0.2, 0.25) is 0 Å². The summed E-state index contributed by atoms with van der Waals surface area (Å²) in [5, 5.41) is 3.41. The third-order valence-corrected chi connectivity index (χ3v) is 6.60. The molecule has 2 aliphatic rings. The molecule has 0 spiro atoms. The maximum absolute atomic E-state index is 13.2. The molecule has 2 heterocycles. The molecule has 2 aromatic carbocycles. The number of amides is 2. The summed E-state index contributed by atoms with van der Waals surface area (Å²) in [4.78, 5) is 36.7. The highest BCUT2D eigenvalue weighted by molar-refractivity contribution is 8.14. The number of nitrogens with one attached hydrogen (secondary N) is 1. The molecule has 160 valence electrons. The molecule has 0 unspecified atom stereocenters. The molecule has 0 fully saturated rings. The van der Waals surface area contributed by atoms with E-state index < -0.39 is 6.04 Å². The SMILES string of the molecule is CCc1ccc(NC(=O)CSC2=Nc3ccccc3C3=N[C@@H]([C@H](C)CC)C(=O)N23)cc1. The first-order valence-electron chi connectivity index (χ1n) is 10.6. The molecular formula is C24H26N4O2S. The van der Waals surface area contributed by atoms with Crippen LogP contribution in [-0.2, 0) is 16.0 Å². The second kappa shape index (κ2) is 9.06. The van der Waals surface area contributed by atoms with Crippen LogP contribution in [0.25, 0.3) is 0 Å². The van der Waals surface area contributed by atoms with Gasteiger partial charge in [-0.25, -0.2) is 9.89 Å². The number of aryl methyl sites for hydroxylation is 1. The lowest BCUT2D eigenvalue weighted by Crippen LogP contribution is -2.42. The molecule has 0 bridgehead atoms. The summed E-state index contributed by atoms with van der Waals surface area (Å²) in [5.41, 5.74) is 3.60. The van der Waals surface area contributed by atoms with Gasteiger partial charge in [0.1, 0.15) is 11.9 Å². The number of para-hydroxylation sites is 1. The van der Waals surface area contributed by atoms with Crippen LogP contribution < -0.4 is 5.32 Å². The number of hydrogen-bond acceptors (Lipinski definition) is 5. The van der Waals surface area contributed by atoms with E-state index in [0.29, 0.717) is 11.0 Å². The number of carbonyl (C=O) groups is 2. The van der Waals surface area contributed by atoms with E-state index in [2.05, 4.69) is 24.2 Å². The highest BCUT2D eigenvalue weighted by Crippen LogP contribution is 2.35. The Morgan fingerprint density at radius 3 is 2.61 bits per heavy atom. The van der Waals surface area contributed by atoms with Crippen molar-refractivity contribution in [3.8, 4) is 0 Å². The third kappa shape index (κ3) is 4.28. The van der Waals surface area contributed by atoms with Crippen molar-refractivity contribution in [2.75, 3.05) is 11.1 Å². The predicted octanol–water partition coefficient (Wildman–Crippen LogP) is 4.63. The lowest BCUT2D eigenvalue weighted by molar-refractivity contribution is -0.125. The van der Waals surface area contributed by atoms with E-state index in [1.165, 1.54) is 17.3 Å². The average molecular weight is 435 g/mol. The Labute approximate surface area is 186 Å². The van der Waals surface area contributed by atoms with Gasteiger partial charge in [0.25, 0.3) is 5.91 Å². The average Bonchev–Trinajstić information content (AvgIpc) is 3.15. The van der Waals surface area contributed by atoms with E-state index in [9.17, 15) is 9.59 Å². The summed E-state index contributed by atoms with van der Waals surface area (Å²) in [7, 11) is 0. The van der Waals surface area contributed by atoms with Gasteiger partial charge in [0.2, 0.25) is 5.91 Å². The van der Waals surface area contributed by atoms with Crippen LogP contribution >= 0.6 is 11.8 Å². The molecule has 6 nitrogen and oxygen atoms in total. The molecule has 31 heavy (non-hydrogen) atoms. The lowest BCUT2D eigenvalue weighted by atomic mass is 10.00. The van der Waals surface area contributed by atoms with Crippen molar-refractivity contribution in [1.29, 1.82) is 0 Å². The maximum Gasteiger partial charge on any atom is 0.259 e. The van der Waals surface area contributed by atoms with Crippen molar-refractivity contribution >= 4 is 46.0 Å². The zero-order valence-corrected chi connectivity index (χ0v) is 18.8. The Bertz CT molecular complexity index is 1060. The predicted molar refractivity (Wildman–Crippen MR) is 127 cm³/mol. The van der Waals surface area contributed by atoms with Gasteiger partial charge in [0.05, 0.1) is 11.4 Å². The number of benzene rings is 2. The zero-order valence-electron chi connectivity index (χ0n) is 18.0. The molecule has 0 aliphatic carbocycles. The van der Waals surface area contributed by atoms with Crippen LogP contribution in [0.3, 0.4) is 0 Å². The van der Waals surface area contributed by atoms with E-state index >= 15 is 0 Å². The number of amidine groups is 2. The molecule has 0 saturated carbocycles. The van der Waals surface area contributed by atoms with Crippen molar-refractivity contribution in [2.45, 2.75) is 39.7 Å². The number of carbonyl (C=O) groups excluding carboxylic acids is 2. The summed E-state index contributed by atoms with van der Waals surface area (Å²) < 4.78 is 0. The van der Waals surface area contributed by atoms with Gasteiger partial charge in [-0.05, 0) is 42.2 Å². The summed E-state index contributed by atoms with van der Waals surface area (Å²) in [5.74, 6) is 0.721. The Balaban J connectivity index is 1.52. The molecule has 0 aromatic heterocycles. The van der Waals surface area contributed by atoms with E-state index in [-0.39, 0.29) is 23.5 Å². The standard InChI is InChI=1S/C24H26N4O2S/c1-4-15(3)21-23(30)28-22(27-21)18-8-6-7-9-19(18)26-24(28)31-14-20(29)25-17-12-10-16(5-2)11-13-17/h6-13,15,21H,4-5,14H2,1-3H3,(H,25,29)/t15-,21+/m1/s1. The fraction of sp³-hybridized carbons (Fsp3) is 0.333. The van der Waals surface area contributed by atoms with Gasteiger partial charge in [0.15, 0.2) is 5.17 Å². The van der Waals surface area contributed by atoms with Crippen LogP contribution in [0.4, 0.5) is 11.4 Å². The number of nitrogens with zero attached hydrogens (tertiary/aromatic N) is 3. The number of aliphatic imine (C=N–C) groups is 2. The van der Waals surface area contributed by atoms with E-state index in [0.717, 1.165) is 29.8 Å². The van der Waals surface area contributed by atoms with Gasteiger partial charge in [-0.1, -0.05) is 63.2 Å². The molecule has 2 amide bonds. The van der Waals surface area contributed by atoms with Gasteiger partial charge in [-0.3, -0.25) is 14.6 Å². The largest absolute Gasteiger partial charge is 0.325 e. The molecule has 2 atom stereocenters. The minimum atomic E-state index is -0.414. The fourth-order valence-electron chi connectivity index (χ4n) is 3.61. The summed E-state index contributed by atoms with van der Waals surface area (Å²) in [6.45, 7) is 6.19. The van der Waals surface area contributed by atoms with Gasteiger partial charge >= 0.3 is 0 Å². The molecule has 7 heteroatoms. The van der Waals surface area contributed by atoms with Crippen molar-refractivity contribution in [3.63, 3.8) is 0 Å². The summed E-state index contributed by atoms with van der Waals surface area (Å²) in [6.07, 6.45) is 1.82. The molecule has 2 aliphatic heterocycles. The van der Waals surface area contributed by atoms with Gasteiger partial charge < -0.3 is 5.32 Å². The second-order valence-corrected chi connectivity index (χ2v) is 8.70. The lowest BCUT2D eigenvalue weighted by Gasteiger charge is -2.25. The molecular weight excluding hydrogens is 408 g/mol. The number of thioether (sulfide) groups is 1. The molecule has 2 aromatic rings. The van der Waals surface area contributed by atoms with Crippen LogP contribution in [0.5, 0.6) is 0 Å². The number of anilines is 1. The van der Waals surface area contributed by atoms with Gasteiger partial charge in [-0.15, -0.1) is 0 Å². The van der Waals surface area contributed by atoms with Crippen LogP contribution in [0.15, 0.2) is 58.5 Å². The fourth-order valence-corrected chi connectivity index (χ4v) is 4.41. The Kier molecular flexibility index (Phi) is 6.23. The Morgan fingerprint density at radius 2 is 1.90 bits per heavy atom. The van der Waals surface area contributed by atoms with Crippen LogP contribution in [0.1, 0.15) is 38.3 Å². The van der Waals surface area contributed by atoms with Gasteiger partial charge in [0, 0.05) is 11.3 Å². The Morgan fingerprint density at radius 1 is 1.16 bits per heavy atom. The molecule has 0 saturated heterocycles. The second-order valence-electron chi connectivity index (χ2n) is 7.76. The first-order chi connectivity index (χ1) is 15.0. The van der Waals surface area contributed by atoms with Gasteiger partial charge in [-0.2, -0.15) is 0 Å². The summed E-state index contributed by atoms with van der Waals surface area (Å²) in [6, 6.07) is 15.1. The quantitative estimate of drug-likeness (QED) is 0.721. The van der Waals surface area contributed by atoms with E-state index in [1.807, 2.05) is 55.5 Å². The monoisotopic (exact) mass is 434 g/mol.